The number of hydrogen-bond donors (Lipinski definition) is 1. The molecule has 0 bridgehead atoms. The molecule has 1 heterocycles. The Labute approximate surface area is 149 Å². The van der Waals surface area contributed by atoms with Gasteiger partial charge in [0.2, 0.25) is 5.88 Å². The van der Waals surface area contributed by atoms with E-state index < -0.39 is 23.5 Å². The normalized spacial score (nSPS) is 22.0. The van der Waals surface area contributed by atoms with Crippen molar-refractivity contribution < 1.29 is 27.8 Å². The first-order valence-electron chi connectivity index (χ1n) is 8.11. The maximum atomic E-state index is 14.5. The third kappa shape index (κ3) is 2.98. The van der Waals surface area contributed by atoms with Gasteiger partial charge in [0.25, 0.3) is 0 Å². The van der Waals surface area contributed by atoms with Gasteiger partial charge in [0.15, 0.2) is 5.78 Å². The van der Waals surface area contributed by atoms with E-state index in [4.69, 9.17) is 15.2 Å². The molecule has 0 radical (unpaired) electrons. The number of nitrogens with two attached hydrogens (primary N) is 1. The van der Waals surface area contributed by atoms with Crippen LogP contribution >= 0.6 is 0 Å². The molecule has 1 aliphatic heterocycles. The fraction of sp³-hybridized carbons (Fsp3) is 0.368. The summed E-state index contributed by atoms with van der Waals surface area (Å²) in [6.45, 7) is 3.81. The molecule has 1 aliphatic carbocycles. The van der Waals surface area contributed by atoms with Crippen molar-refractivity contribution in [2.45, 2.75) is 32.6 Å². The van der Waals surface area contributed by atoms with Gasteiger partial charge in [-0.25, -0.2) is 13.6 Å². The topological polar surface area (TPSA) is 78.6 Å². The summed E-state index contributed by atoms with van der Waals surface area (Å²) in [5.41, 5.74) is 5.54. The number of carbonyl (C=O) groups is 2. The van der Waals surface area contributed by atoms with Gasteiger partial charge in [0, 0.05) is 30.0 Å². The van der Waals surface area contributed by atoms with Gasteiger partial charge >= 0.3 is 5.97 Å². The number of benzene rings is 1. The SMILES string of the molecule is COC(=O)C1=C(N)OC2=C(C(=O)CC(C)(C)C2)[C@@H]1c1ccc(F)cc1F. The second kappa shape index (κ2) is 6.23. The third-order valence-electron chi connectivity index (χ3n) is 4.63. The van der Waals surface area contributed by atoms with Crippen molar-refractivity contribution in [1.29, 1.82) is 0 Å². The van der Waals surface area contributed by atoms with E-state index in [0.717, 1.165) is 13.2 Å². The molecule has 5 nitrogen and oxygen atoms in total. The molecule has 3 rings (SSSR count). The molecule has 0 aromatic heterocycles. The van der Waals surface area contributed by atoms with Crippen LogP contribution in [-0.4, -0.2) is 18.9 Å². The van der Waals surface area contributed by atoms with Gasteiger partial charge in [-0.15, -0.1) is 0 Å². The number of ether oxygens (including phenoxy) is 2. The van der Waals surface area contributed by atoms with E-state index in [9.17, 15) is 18.4 Å². The minimum absolute atomic E-state index is 0.0291. The number of rotatable bonds is 2. The molecule has 1 aromatic rings. The van der Waals surface area contributed by atoms with Crippen molar-refractivity contribution in [3.8, 4) is 0 Å². The van der Waals surface area contributed by atoms with Crippen LogP contribution in [0.5, 0.6) is 0 Å². The van der Waals surface area contributed by atoms with E-state index in [1.54, 1.807) is 0 Å². The van der Waals surface area contributed by atoms with E-state index in [-0.39, 0.29) is 40.2 Å². The average molecular weight is 363 g/mol. The number of Topliss-reactive ketones (excluding diaryl/α,β-unsaturated/α-hetero) is 1. The number of methoxy groups -OCH3 is 1. The molecular weight excluding hydrogens is 344 g/mol. The Hall–Kier alpha value is -2.70. The Kier molecular flexibility index (Phi) is 4.34. The van der Waals surface area contributed by atoms with Crippen molar-refractivity contribution in [1.82, 2.24) is 0 Å². The molecule has 0 saturated heterocycles. The van der Waals surface area contributed by atoms with Gasteiger partial charge in [-0.05, 0) is 11.5 Å². The number of allylic oxidation sites excluding steroid dienone is 2. The predicted molar refractivity (Wildman–Crippen MR) is 88.5 cm³/mol. The number of hydrogen-bond acceptors (Lipinski definition) is 5. The lowest BCUT2D eigenvalue weighted by Gasteiger charge is -2.37. The van der Waals surface area contributed by atoms with Crippen LogP contribution in [0.4, 0.5) is 8.78 Å². The average Bonchev–Trinajstić information content (AvgIpc) is 2.51. The molecule has 0 amide bonds. The summed E-state index contributed by atoms with van der Waals surface area (Å²) in [7, 11) is 1.15. The first-order valence-corrected chi connectivity index (χ1v) is 8.11. The highest BCUT2D eigenvalue weighted by molar-refractivity contribution is 6.03. The zero-order valence-corrected chi connectivity index (χ0v) is 14.7. The Morgan fingerprint density at radius 1 is 1.31 bits per heavy atom. The van der Waals surface area contributed by atoms with E-state index in [1.165, 1.54) is 6.07 Å². The van der Waals surface area contributed by atoms with Crippen LogP contribution in [0.1, 0.15) is 38.2 Å². The standard InChI is InChI=1S/C19H19F2NO4/c1-19(2)7-12(23)15-13(8-19)26-17(22)16(18(24)25-3)14(15)10-5-4-9(20)6-11(10)21/h4-6,14H,7-8,22H2,1-3H3/t14-/m0/s1. The predicted octanol–water partition coefficient (Wildman–Crippen LogP) is 3.07. The maximum absolute atomic E-state index is 14.5. The molecule has 1 aromatic carbocycles. The quantitative estimate of drug-likeness (QED) is 0.817. The summed E-state index contributed by atoms with van der Waals surface area (Å²) >= 11 is 0. The third-order valence-corrected chi connectivity index (χ3v) is 4.63. The summed E-state index contributed by atoms with van der Waals surface area (Å²) in [5.74, 6) is -3.77. The molecule has 0 fully saturated rings. The van der Waals surface area contributed by atoms with E-state index in [1.807, 2.05) is 13.8 Å². The van der Waals surface area contributed by atoms with Crippen molar-refractivity contribution in [2.75, 3.05) is 7.11 Å². The van der Waals surface area contributed by atoms with Gasteiger partial charge in [0.05, 0.1) is 13.0 Å². The van der Waals surface area contributed by atoms with Crippen LogP contribution in [0.2, 0.25) is 0 Å². The van der Waals surface area contributed by atoms with Crippen LogP contribution in [0.15, 0.2) is 41.0 Å². The lowest BCUT2D eigenvalue weighted by Crippen LogP contribution is -2.35. The Bertz CT molecular complexity index is 870. The lowest BCUT2D eigenvalue weighted by atomic mass is 9.70. The first-order chi connectivity index (χ1) is 12.1. The minimum atomic E-state index is -1.10. The lowest BCUT2D eigenvalue weighted by molar-refractivity contribution is -0.136. The smallest absolute Gasteiger partial charge is 0.340 e. The molecule has 1 atom stereocenters. The number of halogens is 2. The van der Waals surface area contributed by atoms with Crippen molar-refractivity contribution in [3.63, 3.8) is 0 Å². The van der Waals surface area contributed by atoms with Crippen molar-refractivity contribution in [2.24, 2.45) is 11.1 Å². The van der Waals surface area contributed by atoms with Crippen LogP contribution in [0, 0.1) is 17.0 Å². The molecule has 138 valence electrons. The van der Waals surface area contributed by atoms with Crippen LogP contribution in [-0.2, 0) is 19.1 Å². The molecule has 7 heteroatoms. The van der Waals surface area contributed by atoms with Crippen LogP contribution < -0.4 is 5.73 Å². The molecular formula is C19H19F2NO4. The Balaban J connectivity index is 2.24. The monoisotopic (exact) mass is 363 g/mol. The van der Waals surface area contributed by atoms with E-state index in [0.29, 0.717) is 18.2 Å². The fourth-order valence-corrected chi connectivity index (χ4v) is 3.54. The molecule has 0 saturated carbocycles. The van der Waals surface area contributed by atoms with E-state index >= 15 is 0 Å². The van der Waals surface area contributed by atoms with Gasteiger partial charge < -0.3 is 15.2 Å². The molecule has 2 aliphatic rings. The number of ketones is 1. The number of carbonyl (C=O) groups excluding carboxylic acids is 2. The molecule has 26 heavy (non-hydrogen) atoms. The maximum Gasteiger partial charge on any atom is 0.340 e. The van der Waals surface area contributed by atoms with Crippen molar-refractivity contribution >= 4 is 11.8 Å². The molecule has 0 spiro atoms. The van der Waals surface area contributed by atoms with Crippen LogP contribution in [0.25, 0.3) is 0 Å². The second-order valence-corrected chi connectivity index (χ2v) is 7.25. The highest BCUT2D eigenvalue weighted by Gasteiger charge is 2.45. The fourth-order valence-electron chi connectivity index (χ4n) is 3.54. The second-order valence-electron chi connectivity index (χ2n) is 7.25. The largest absolute Gasteiger partial charge is 0.465 e. The van der Waals surface area contributed by atoms with Gasteiger partial charge in [-0.3, -0.25) is 4.79 Å². The highest BCUT2D eigenvalue weighted by Crippen LogP contribution is 2.48. The van der Waals surface area contributed by atoms with E-state index in [2.05, 4.69) is 0 Å². The first kappa shape index (κ1) is 18.1. The van der Waals surface area contributed by atoms with Crippen molar-refractivity contribution in [3.05, 3.63) is 58.2 Å². The zero-order valence-electron chi connectivity index (χ0n) is 14.7. The van der Waals surface area contributed by atoms with Gasteiger partial charge in [0.1, 0.15) is 23.0 Å². The minimum Gasteiger partial charge on any atom is -0.465 e. The summed E-state index contributed by atoms with van der Waals surface area (Å²) in [5, 5.41) is 0. The molecule has 0 unspecified atom stereocenters. The Morgan fingerprint density at radius 2 is 2.00 bits per heavy atom. The zero-order chi connectivity index (χ0) is 19.2. The summed E-state index contributed by atoms with van der Waals surface area (Å²) in [4.78, 5) is 25.1. The molecule has 2 N–H and O–H groups in total. The number of esters is 1. The van der Waals surface area contributed by atoms with Crippen LogP contribution in [0.3, 0.4) is 0 Å². The highest BCUT2D eigenvalue weighted by atomic mass is 19.1. The Morgan fingerprint density at radius 3 is 2.62 bits per heavy atom. The summed E-state index contributed by atoms with van der Waals surface area (Å²) < 4.78 is 38.2. The summed E-state index contributed by atoms with van der Waals surface area (Å²) in [6.07, 6.45) is 0.616. The van der Waals surface area contributed by atoms with Gasteiger partial charge in [-0.1, -0.05) is 19.9 Å². The van der Waals surface area contributed by atoms with Gasteiger partial charge in [-0.2, -0.15) is 0 Å². The summed E-state index contributed by atoms with van der Waals surface area (Å²) in [6, 6.07) is 2.97.